The lowest BCUT2D eigenvalue weighted by molar-refractivity contribution is -0.119. The van der Waals surface area contributed by atoms with Gasteiger partial charge in [0, 0.05) is 6.54 Å². The molecule has 0 aromatic heterocycles. The van der Waals surface area contributed by atoms with Crippen molar-refractivity contribution in [2.75, 3.05) is 30.6 Å². The maximum absolute atomic E-state index is 13.4. The predicted molar refractivity (Wildman–Crippen MR) is 137 cm³/mol. The average Bonchev–Trinajstić information content (AvgIpc) is 2.87. The third-order valence-electron chi connectivity index (χ3n) is 5.32. The molecule has 0 aliphatic heterocycles. The van der Waals surface area contributed by atoms with Crippen LogP contribution in [0.25, 0.3) is 0 Å². The summed E-state index contributed by atoms with van der Waals surface area (Å²) in [5.41, 5.74) is 1.41. The van der Waals surface area contributed by atoms with Gasteiger partial charge >= 0.3 is 0 Å². The van der Waals surface area contributed by atoms with Crippen molar-refractivity contribution >= 4 is 21.6 Å². The van der Waals surface area contributed by atoms with E-state index in [1.807, 2.05) is 38.1 Å². The molecule has 36 heavy (non-hydrogen) atoms. The largest absolute Gasteiger partial charge is 0.494 e. The fourth-order valence-electron chi connectivity index (χ4n) is 3.55. The minimum atomic E-state index is -4.12. The number of anilines is 1. The van der Waals surface area contributed by atoms with Crippen LogP contribution in [0.3, 0.4) is 0 Å². The highest BCUT2D eigenvalue weighted by molar-refractivity contribution is 7.92. The first-order valence-corrected chi connectivity index (χ1v) is 13.3. The number of sulfonamides is 1. The molecule has 0 heterocycles. The second kappa shape index (κ2) is 12.9. The van der Waals surface area contributed by atoms with E-state index in [1.165, 1.54) is 12.1 Å². The van der Waals surface area contributed by atoms with Gasteiger partial charge in [0.15, 0.2) is 0 Å². The quantitative estimate of drug-likeness (QED) is 0.338. The minimum absolute atomic E-state index is 0.110. The Labute approximate surface area is 211 Å². The Bertz CT molecular complexity index is 1210. The van der Waals surface area contributed by atoms with Crippen LogP contribution in [0.5, 0.6) is 11.5 Å². The van der Waals surface area contributed by atoms with Crippen LogP contribution in [-0.4, -0.2) is 40.6 Å². The molecule has 7 nitrogen and oxygen atoms in total. The second-order valence-corrected chi connectivity index (χ2v) is 9.79. The summed E-state index contributed by atoms with van der Waals surface area (Å²) in [5, 5.41) is 2.79. The zero-order valence-corrected chi connectivity index (χ0v) is 21.3. The third-order valence-corrected chi connectivity index (χ3v) is 7.11. The molecular weight excluding hydrogens is 483 g/mol. The van der Waals surface area contributed by atoms with Crippen LogP contribution in [0, 0.1) is 5.82 Å². The summed E-state index contributed by atoms with van der Waals surface area (Å²) in [5.74, 6) is 0.401. The third kappa shape index (κ3) is 7.45. The number of hydrogen-bond acceptors (Lipinski definition) is 5. The van der Waals surface area contributed by atoms with E-state index in [4.69, 9.17) is 9.47 Å². The fraction of sp³-hybridized carbons (Fsp3) is 0.296. The van der Waals surface area contributed by atoms with E-state index in [1.54, 1.807) is 24.3 Å². The summed E-state index contributed by atoms with van der Waals surface area (Å²) in [7, 11) is -4.12. The molecule has 3 aromatic carbocycles. The van der Waals surface area contributed by atoms with Gasteiger partial charge in [-0.1, -0.05) is 12.1 Å². The molecule has 3 aromatic rings. The first kappa shape index (κ1) is 27.0. The standard InChI is InChI=1S/C27H31FN2O5S/c1-3-34-24-13-7-21(8-14-24)6-5-19-29-27(31)20-30(23-11-15-25(16-12-23)35-4-2)36(32,33)26-17-9-22(28)10-18-26/h7-18H,3-6,19-20H2,1-2H3,(H,29,31). The van der Waals surface area contributed by atoms with Crippen LogP contribution < -0.4 is 19.1 Å². The molecule has 3 rings (SSSR count). The Morgan fingerprint density at radius 3 is 1.97 bits per heavy atom. The summed E-state index contributed by atoms with van der Waals surface area (Å²) < 4.78 is 52.0. The molecule has 0 atom stereocenters. The molecule has 9 heteroatoms. The Morgan fingerprint density at radius 1 is 0.861 bits per heavy atom. The normalized spacial score (nSPS) is 11.1. The van der Waals surface area contributed by atoms with Gasteiger partial charge in [-0.3, -0.25) is 9.10 Å². The molecule has 0 saturated carbocycles. The number of hydrogen-bond donors (Lipinski definition) is 1. The van der Waals surface area contributed by atoms with Crippen molar-refractivity contribution < 1.29 is 27.1 Å². The monoisotopic (exact) mass is 514 g/mol. The smallest absolute Gasteiger partial charge is 0.264 e. The van der Waals surface area contributed by atoms with Gasteiger partial charge in [-0.15, -0.1) is 0 Å². The van der Waals surface area contributed by atoms with Crippen molar-refractivity contribution in [3.8, 4) is 11.5 Å². The maximum Gasteiger partial charge on any atom is 0.264 e. The van der Waals surface area contributed by atoms with Crippen molar-refractivity contribution in [1.82, 2.24) is 5.32 Å². The van der Waals surface area contributed by atoms with Gasteiger partial charge in [0.05, 0.1) is 23.8 Å². The molecule has 0 spiro atoms. The summed E-state index contributed by atoms with van der Waals surface area (Å²) in [6, 6.07) is 18.7. The highest BCUT2D eigenvalue weighted by Gasteiger charge is 2.27. The van der Waals surface area contributed by atoms with Gasteiger partial charge in [-0.25, -0.2) is 12.8 Å². The van der Waals surface area contributed by atoms with Crippen LogP contribution in [0.4, 0.5) is 10.1 Å². The number of nitrogens with zero attached hydrogens (tertiary/aromatic N) is 1. The number of ether oxygens (including phenoxy) is 2. The Kier molecular flexibility index (Phi) is 9.69. The van der Waals surface area contributed by atoms with Crippen LogP contribution in [0.2, 0.25) is 0 Å². The van der Waals surface area contributed by atoms with Crippen molar-refractivity contribution in [3.05, 3.63) is 84.2 Å². The molecule has 0 unspecified atom stereocenters. The summed E-state index contributed by atoms with van der Waals surface area (Å²) in [6.07, 6.45) is 1.44. The van der Waals surface area contributed by atoms with Gasteiger partial charge in [0.1, 0.15) is 23.9 Å². The maximum atomic E-state index is 13.4. The number of aryl methyl sites for hydroxylation is 1. The van der Waals surface area contributed by atoms with E-state index in [0.717, 1.165) is 34.2 Å². The number of carbonyl (C=O) groups is 1. The van der Waals surface area contributed by atoms with Gasteiger partial charge in [0.25, 0.3) is 10.0 Å². The first-order chi connectivity index (χ1) is 17.3. The summed E-state index contributed by atoms with van der Waals surface area (Å²) in [6.45, 7) is 4.82. The van der Waals surface area contributed by atoms with Crippen molar-refractivity contribution in [2.24, 2.45) is 0 Å². The highest BCUT2D eigenvalue weighted by atomic mass is 32.2. The van der Waals surface area contributed by atoms with E-state index >= 15 is 0 Å². The van der Waals surface area contributed by atoms with Crippen molar-refractivity contribution in [2.45, 2.75) is 31.6 Å². The first-order valence-electron chi connectivity index (χ1n) is 11.8. The van der Waals surface area contributed by atoms with Crippen LogP contribution in [0.15, 0.2) is 77.7 Å². The minimum Gasteiger partial charge on any atom is -0.494 e. The molecule has 0 saturated heterocycles. The number of amides is 1. The topological polar surface area (TPSA) is 84.9 Å². The average molecular weight is 515 g/mol. The van der Waals surface area contributed by atoms with Gasteiger partial charge in [-0.05, 0) is 92.9 Å². The number of halogens is 1. The molecule has 0 fully saturated rings. The van der Waals surface area contributed by atoms with E-state index in [9.17, 15) is 17.6 Å². The Morgan fingerprint density at radius 2 is 1.42 bits per heavy atom. The molecule has 0 aliphatic rings. The van der Waals surface area contributed by atoms with Gasteiger partial charge < -0.3 is 14.8 Å². The lowest BCUT2D eigenvalue weighted by Crippen LogP contribution is -2.41. The Balaban J connectivity index is 1.67. The predicted octanol–water partition coefficient (Wildman–Crippen LogP) is 4.57. The second-order valence-electron chi connectivity index (χ2n) is 7.92. The molecule has 192 valence electrons. The zero-order valence-electron chi connectivity index (χ0n) is 20.4. The molecular formula is C27H31FN2O5S. The molecule has 1 amide bonds. The van der Waals surface area contributed by atoms with E-state index in [0.29, 0.717) is 37.6 Å². The lowest BCUT2D eigenvalue weighted by Gasteiger charge is -2.24. The summed E-state index contributed by atoms with van der Waals surface area (Å²) in [4.78, 5) is 12.6. The molecule has 1 N–H and O–H groups in total. The van der Waals surface area contributed by atoms with Gasteiger partial charge in [0.2, 0.25) is 5.91 Å². The van der Waals surface area contributed by atoms with Crippen molar-refractivity contribution in [3.63, 3.8) is 0 Å². The van der Waals surface area contributed by atoms with E-state index in [2.05, 4.69) is 5.32 Å². The lowest BCUT2D eigenvalue weighted by atomic mass is 10.1. The SMILES string of the molecule is CCOc1ccc(CCCNC(=O)CN(c2ccc(OCC)cc2)S(=O)(=O)c2ccc(F)cc2)cc1. The van der Waals surface area contributed by atoms with E-state index < -0.39 is 28.3 Å². The number of benzene rings is 3. The number of nitrogens with one attached hydrogen (secondary N) is 1. The number of carbonyl (C=O) groups excluding carboxylic acids is 1. The van der Waals surface area contributed by atoms with Crippen LogP contribution in [-0.2, 0) is 21.2 Å². The number of rotatable bonds is 13. The van der Waals surface area contributed by atoms with Gasteiger partial charge in [-0.2, -0.15) is 0 Å². The van der Waals surface area contributed by atoms with Crippen molar-refractivity contribution in [1.29, 1.82) is 0 Å². The zero-order chi connectivity index (χ0) is 26.0. The Hall–Kier alpha value is -3.59. The van der Waals surface area contributed by atoms with E-state index in [-0.39, 0.29) is 4.90 Å². The fourth-order valence-corrected chi connectivity index (χ4v) is 4.97. The van der Waals surface area contributed by atoms with Crippen LogP contribution in [0.1, 0.15) is 25.8 Å². The molecule has 0 bridgehead atoms. The molecule has 0 radical (unpaired) electrons. The van der Waals surface area contributed by atoms with Crippen LogP contribution >= 0.6 is 0 Å². The molecule has 0 aliphatic carbocycles. The highest BCUT2D eigenvalue weighted by Crippen LogP contribution is 2.26. The summed E-state index contributed by atoms with van der Waals surface area (Å²) >= 11 is 0.